The van der Waals surface area contributed by atoms with E-state index < -0.39 is 0 Å². The molecule has 1 saturated heterocycles. The first-order valence-corrected chi connectivity index (χ1v) is 6.08. The molecule has 1 aliphatic carbocycles. The maximum absolute atomic E-state index is 4.15. The number of nitrogens with one attached hydrogen (secondary N) is 1. The predicted molar refractivity (Wildman–Crippen MR) is 64.4 cm³/mol. The van der Waals surface area contributed by atoms with Gasteiger partial charge < -0.3 is 10.2 Å². The molecule has 2 fully saturated rings. The lowest BCUT2D eigenvalue weighted by Crippen LogP contribution is -2.25. The molecular formula is C13H22N2. The first-order valence-electron chi connectivity index (χ1n) is 6.08. The predicted octanol–water partition coefficient (Wildman–Crippen LogP) is 2.36. The maximum atomic E-state index is 4.15. The highest BCUT2D eigenvalue weighted by molar-refractivity contribution is 5.03. The molecule has 0 bridgehead atoms. The summed E-state index contributed by atoms with van der Waals surface area (Å²) in [6, 6.07) is 0. The molecule has 2 aliphatic rings. The second-order valence-corrected chi connectivity index (χ2v) is 4.86. The van der Waals surface area contributed by atoms with Crippen molar-refractivity contribution in [2.45, 2.75) is 25.7 Å². The van der Waals surface area contributed by atoms with Crippen molar-refractivity contribution in [3.05, 3.63) is 25.1 Å². The van der Waals surface area contributed by atoms with Crippen molar-refractivity contribution in [1.82, 2.24) is 10.2 Å². The van der Waals surface area contributed by atoms with E-state index in [2.05, 4.69) is 23.4 Å². The Labute approximate surface area is 93.0 Å². The van der Waals surface area contributed by atoms with E-state index >= 15 is 0 Å². The van der Waals surface area contributed by atoms with Gasteiger partial charge in [-0.05, 0) is 30.9 Å². The van der Waals surface area contributed by atoms with Crippen LogP contribution in [0.4, 0.5) is 0 Å². The van der Waals surface area contributed by atoms with Crippen LogP contribution in [0.3, 0.4) is 0 Å². The van der Waals surface area contributed by atoms with Crippen molar-refractivity contribution in [3.63, 3.8) is 0 Å². The fourth-order valence-electron chi connectivity index (χ4n) is 2.97. The Hall–Kier alpha value is -0.920. The maximum Gasteiger partial charge on any atom is 0.0538 e. The summed E-state index contributed by atoms with van der Waals surface area (Å²) in [5.41, 5.74) is 1.23. The molecular weight excluding hydrogens is 184 g/mol. The standard InChI is InChI=1S/C13H22N2/c1-3-14-8-11(2)15-9-12-6-4-5-7-13(12)10-15/h3,12-14H,1-2,4-10H2. The molecule has 2 nitrogen and oxygen atoms in total. The fourth-order valence-corrected chi connectivity index (χ4v) is 2.97. The third kappa shape index (κ3) is 2.36. The molecule has 1 saturated carbocycles. The number of hydrogen-bond acceptors (Lipinski definition) is 2. The molecule has 2 heteroatoms. The molecule has 0 aromatic heterocycles. The van der Waals surface area contributed by atoms with Crippen LogP contribution in [0.25, 0.3) is 0 Å². The average Bonchev–Trinajstić information content (AvgIpc) is 2.69. The van der Waals surface area contributed by atoms with E-state index in [1.807, 2.05) is 0 Å². The fraction of sp³-hybridized carbons (Fsp3) is 0.692. The number of hydrogen-bond donors (Lipinski definition) is 1. The lowest BCUT2D eigenvalue weighted by atomic mass is 9.82. The summed E-state index contributed by atoms with van der Waals surface area (Å²) in [5.74, 6) is 1.89. The lowest BCUT2D eigenvalue weighted by Gasteiger charge is -2.22. The van der Waals surface area contributed by atoms with Crippen LogP contribution in [0, 0.1) is 11.8 Å². The van der Waals surface area contributed by atoms with Crippen LogP contribution in [-0.2, 0) is 0 Å². The zero-order chi connectivity index (χ0) is 10.7. The molecule has 0 aromatic rings. The van der Waals surface area contributed by atoms with Gasteiger partial charge in [0.05, 0.1) is 6.54 Å². The Morgan fingerprint density at radius 1 is 1.27 bits per heavy atom. The smallest absolute Gasteiger partial charge is 0.0538 e. The van der Waals surface area contributed by atoms with Gasteiger partial charge in [0.1, 0.15) is 0 Å². The molecule has 0 amide bonds. The van der Waals surface area contributed by atoms with Crippen LogP contribution in [-0.4, -0.2) is 24.5 Å². The van der Waals surface area contributed by atoms with Crippen molar-refractivity contribution in [3.8, 4) is 0 Å². The summed E-state index contributed by atoms with van der Waals surface area (Å²) in [5, 5.41) is 3.13. The monoisotopic (exact) mass is 206 g/mol. The Kier molecular flexibility index (Phi) is 3.34. The second kappa shape index (κ2) is 4.73. The molecule has 84 valence electrons. The van der Waals surface area contributed by atoms with Gasteiger partial charge in [-0.25, -0.2) is 0 Å². The number of nitrogens with zero attached hydrogens (tertiary/aromatic N) is 1. The van der Waals surface area contributed by atoms with E-state index in [9.17, 15) is 0 Å². The zero-order valence-corrected chi connectivity index (χ0v) is 9.54. The molecule has 2 atom stereocenters. The van der Waals surface area contributed by atoms with Crippen molar-refractivity contribution in [1.29, 1.82) is 0 Å². The minimum absolute atomic E-state index is 0.850. The van der Waals surface area contributed by atoms with Crippen LogP contribution in [0.5, 0.6) is 0 Å². The average molecular weight is 206 g/mol. The van der Waals surface area contributed by atoms with E-state index in [1.54, 1.807) is 6.20 Å². The van der Waals surface area contributed by atoms with E-state index in [0.29, 0.717) is 0 Å². The van der Waals surface area contributed by atoms with Gasteiger partial charge in [0, 0.05) is 18.8 Å². The quantitative estimate of drug-likeness (QED) is 0.759. The minimum atomic E-state index is 0.850. The first-order chi connectivity index (χ1) is 7.31. The molecule has 2 unspecified atom stereocenters. The number of likely N-dealkylation sites (tertiary alicyclic amines) is 1. The van der Waals surface area contributed by atoms with Gasteiger partial charge in [0.15, 0.2) is 0 Å². The highest BCUT2D eigenvalue weighted by Gasteiger charge is 2.34. The highest BCUT2D eigenvalue weighted by atomic mass is 15.2. The van der Waals surface area contributed by atoms with Gasteiger partial charge in [0.25, 0.3) is 0 Å². The van der Waals surface area contributed by atoms with E-state index in [4.69, 9.17) is 0 Å². The van der Waals surface area contributed by atoms with Crippen molar-refractivity contribution in [2.75, 3.05) is 19.6 Å². The first kappa shape index (κ1) is 10.6. The molecule has 0 spiro atoms. The van der Waals surface area contributed by atoms with Gasteiger partial charge in [-0.3, -0.25) is 0 Å². The van der Waals surface area contributed by atoms with Gasteiger partial charge >= 0.3 is 0 Å². The summed E-state index contributed by atoms with van der Waals surface area (Å²) < 4.78 is 0. The molecule has 1 aliphatic heterocycles. The molecule has 1 heterocycles. The van der Waals surface area contributed by atoms with Crippen LogP contribution in [0.15, 0.2) is 25.1 Å². The van der Waals surface area contributed by atoms with Crippen LogP contribution in [0.2, 0.25) is 0 Å². The minimum Gasteiger partial charge on any atom is -0.386 e. The Bertz CT molecular complexity index is 233. The highest BCUT2D eigenvalue weighted by Crippen LogP contribution is 2.36. The lowest BCUT2D eigenvalue weighted by molar-refractivity contribution is 0.299. The van der Waals surface area contributed by atoms with Crippen molar-refractivity contribution < 1.29 is 0 Å². The molecule has 1 N–H and O–H groups in total. The third-order valence-electron chi connectivity index (χ3n) is 3.87. The number of rotatable bonds is 4. The second-order valence-electron chi connectivity index (χ2n) is 4.86. The van der Waals surface area contributed by atoms with Crippen LogP contribution >= 0.6 is 0 Å². The topological polar surface area (TPSA) is 15.3 Å². The summed E-state index contributed by atoms with van der Waals surface area (Å²) in [7, 11) is 0. The summed E-state index contributed by atoms with van der Waals surface area (Å²) >= 11 is 0. The largest absolute Gasteiger partial charge is 0.386 e. The summed E-state index contributed by atoms with van der Waals surface area (Å²) in [4.78, 5) is 2.47. The van der Waals surface area contributed by atoms with E-state index in [1.165, 1.54) is 44.5 Å². The molecule has 2 rings (SSSR count). The van der Waals surface area contributed by atoms with Gasteiger partial charge in [0.2, 0.25) is 0 Å². The molecule has 0 radical (unpaired) electrons. The Morgan fingerprint density at radius 3 is 2.40 bits per heavy atom. The van der Waals surface area contributed by atoms with Crippen molar-refractivity contribution >= 4 is 0 Å². The van der Waals surface area contributed by atoms with Gasteiger partial charge in [-0.2, -0.15) is 0 Å². The van der Waals surface area contributed by atoms with Crippen LogP contribution in [0.1, 0.15) is 25.7 Å². The summed E-state index contributed by atoms with van der Waals surface area (Å²) in [6.45, 7) is 11.1. The van der Waals surface area contributed by atoms with Crippen LogP contribution < -0.4 is 5.32 Å². The molecule has 0 aromatic carbocycles. The normalized spacial score (nSPS) is 29.7. The van der Waals surface area contributed by atoms with Gasteiger partial charge in [-0.1, -0.05) is 26.0 Å². The Morgan fingerprint density at radius 2 is 1.87 bits per heavy atom. The van der Waals surface area contributed by atoms with Gasteiger partial charge in [-0.15, -0.1) is 0 Å². The summed E-state index contributed by atoms with van der Waals surface area (Å²) in [6.07, 6.45) is 7.49. The van der Waals surface area contributed by atoms with E-state index in [-0.39, 0.29) is 0 Å². The molecule has 15 heavy (non-hydrogen) atoms. The van der Waals surface area contributed by atoms with E-state index in [0.717, 1.165) is 18.4 Å². The Balaban J connectivity index is 1.85. The number of fused-ring (bicyclic) bond motifs is 1. The zero-order valence-electron chi connectivity index (χ0n) is 9.54. The SMILES string of the molecule is C=CNCC(=C)N1CC2CCCCC2C1. The third-order valence-corrected chi connectivity index (χ3v) is 3.87. The van der Waals surface area contributed by atoms with Crippen molar-refractivity contribution in [2.24, 2.45) is 11.8 Å².